The van der Waals surface area contributed by atoms with Crippen LogP contribution in [0, 0.1) is 6.92 Å². The molecule has 2 aromatic rings. The second kappa shape index (κ2) is 5.19. The van der Waals surface area contributed by atoms with E-state index in [9.17, 15) is 4.79 Å². The lowest BCUT2D eigenvalue weighted by atomic mass is 10.1. The van der Waals surface area contributed by atoms with Crippen molar-refractivity contribution in [3.05, 3.63) is 45.5 Å². The van der Waals surface area contributed by atoms with Crippen molar-refractivity contribution >= 4 is 17.3 Å². The lowest BCUT2D eigenvalue weighted by Crippen LogP contribution is -2.07. The summed E-state index contributed by atoms with van der Waals surface area (Å²) in [7, 11) is 0. The summed E-state index contributed by atoms with van der Waals surface area (Å²) in [4.78, 5) is 13.0. The third kappa shape index (κ3) is 2.58. The Hall–Kier alpha value is -1.55. The van der Waals surface area contributed by atoms with E-state index in [1.807, 2.05) is 17.5 Å². The largest absolute Gasteiger partial charge is 0.468 e. The van der Waals surface area contributed by atoms with E-state index in [1.54, 1.807) is 31.4 Å². The fourth-order valence-corrected chi connectivity index (χ4v) is 2.44. The number of aryl methyl sites for hydroxylation is 1. The van der Waals surface area contributed by atoms with E-state index < -0.39 is 0 Å². The van der Waals surface area contributed by atoms with Crippen molar-refractivity contribution in [2.75, 3.05) is 6.61 Å². The van der Waals surface area contributed by atoms with Crippen molar-refractivity contribution in [2.24, 2.45) is 0 Å². The van der Waals surface area contributed by atoms with E-state index in [1.165, 1.54) is 4.88 Å². The van der Waals surface area contributed by atoms with Crippen LogP contribution in [0.1, 0.15) is 33.5 Å². The molecule has 0 aliphatic rings. The molecular formula is C13H14O3S. The Morgan fingerprint density at radius 2 is 2.35 bits per heavy atom. The van der Waals surface area contributed by atoms with Gasteiger partial charge < -0.3 is 9.15 Å². The van der Waals surface area contributed by atoms with Gasteiger partial charge in [0.2, 0.25) is 0 Å². The Morgan fingerprint density at radius 3 is 3.00 bits per heavy atom. The first-order valence-electron chi connectivity index (χ1n) is 5.48. The molecule has 0 atom stereocenters. The van der Waals surface area contributed by atoms with Crippen molar-refractivity contribution in [1.29, 1.82) is 0 Å². The third-order valence-electron chi connectivity index (χ3n) is 2.48. The molecule has 0 bridgehead atoms. The minimum absolute atomic E-state index is 0.301. The standard InChI is InChI=1S/C13H14O3S/c1-3-15-13(14)12-9(2)16-8-10(12)7-11-5-4-6-17-11/h4-6,8H,3,7H2,1-2H3. The number of rotatable bonds is 4. The highest BCUT2D eigenvalue weighted by Gasteiger charge is 2.19. The number of hydrogen-bond acceptors (Lipinski definition) is 4. The van der Waals surface area contributed by atoms with Gasteiger partial charge in [0.15, 0.2) is 0 Å². The van der Waals surface area contributed by atoms with Gasteiger partial charge in [0.25, 0.3) is 0 Å². The first-order chi connectivity index (χ1) is 8.22. The molecule has 0 aliphatic heterocycles. The zero-order valence-electron chi connectivity index (χ0n) is 9.86. The molecule has 3 nitrogen and oxygen atoms in total. The summed E-state index contributed by atoms with van der Waals surface area (Å²) in [5.74, 6) is 0.320. The summed E-state index contributed by atoms with van der Waals surface area (Å²) in [6.45, 7) is 3.96. The molecule has 2 rings (SSSR count). The molecule has 2 aromatic heterocycles. The smallest absolute Gasteiger partial charge is 0.341 e. The number of carbonyl (C=O) groups excluding carboxylic acids is 1. The van der Waals surface area contributed by atoms with Crippen molar-refractivity contribution < 1.29 is 13.9 Å². The van der Waals surface area contributed by atoms with Crippen LogP contribution in [0.5, 0.6) is 0 Å². The van der Waals surface area contributed by atoms with Gasteiger partial charge in [-0.25, -0.2) is 4.79 Å². The monoisotopic (exact) mass is 250 g/mol. The minimum Gasteiger partial charge on any atom is -0.468 e. The minimum atomic E-state index is -0.301. The van der Waals surface area contributed by atoms with Gasteiger partial charge in [0.05, 0.1) is 12.9 Å². The fraction of sp³-hybridized carbons (Fsp3) is 0.308. The third-order valence-corrected chi connectivity index (χ3v) is 3.35. The summed E-state index contributed by atoms with van der Waals surface area (Å²) in [6.07, 6.45) is 2.35. The van der Waals surface area contributed by atoms with Crippen LogP contribution in [0.2, 0.25) is 0 Å². The summed E-state index contributed by atoms with van der Waals surface area (Å²) in [5, 5.41) is 2.02. The normalized spacial score (nSPS) is 10.5. The van der Waals surface area contributed by atoms with E-state index in [-0.39, 0.29) is 5.97 Å². The van der Waals surface area contributed by atoms with E-state index in [2.05, 4.69) is 0 Å². The fourth-order valence-electron chi connectivity index (χ4n) is 1.71. The summed E-state index contributed by atoms with van der Waals surface area (Å²) in [5.41, 5.74) is 1.46. The molecule has 4 heteroatoms. The first-order valence-corrected chi connectivity index (χ1v) is 6.36. The Bertz CT molecular complexity index is 497. The van der Waals surface area contributed by atoms with Gasteiger partial charge in [-0.1, -0.05) is 6.07 Å². The Labute approximate surface area is 104 Å². The highest BCUT2D eigenvalue weighted by Crippen LogP contribution is 2.22. The second-order valence-electron chi connectivity index (χ2n) is 3.67. The van der Waals surface area contributed by atoms with Gasteiger partial charge in [-0.2, -0.15) is 0 Å². The summed E-state index contributed by atoms with van der Waals surface area (Å²) >= 11 is 1.67. The first kappa shape index (κ1) is 11.9. The number of thiophene rings is 1. The molecule has 17 heavy (non-hydrogen) atoms. The molecule has 0 spiro atoms. The van der Waals surface area contributed by atoms with Crippen molar-refractivity contribution in [3.8, 4) is 0 Å². The van der Waals surface area contributed by atoms with Crippen LogP contribution >= 0.6 is 11.3 Å². The average Bonchev–Trinajstić information content (AvgIpc) is 2.90. The summed E-state index contributed by atoms with van der Waals surface area (Å²) in [6, 6.07) is 4.04. The zero-order valence-corrected chi connectivity index (χ0v) is 10.7. The SMILES string of the molecule is CCOC(=O)c1c(Cc2cccs2)coc1C. The van der Waals surface area contributed by atoms with Crippen molar-refractivity contribution in [1.82, 2.24) is 0 Å². The lowest BCUT2D eigenvalue weighted by Gasteiger charge is -2.02. The molecule has 0 N–H and O–H groups in total. The number of esters is 1. The van der Waals surface area contributed by atoms with Gasteiger partial charge in [0, 0.05) is 16.9 Å². The highest BCUT2D eigenvalue weighted by molar-refractivity contribution is 7.09. The van der Waals surface area contributed by atoms with Gasteiger partial charge >= 0.3 is 5.97 Å². The predicted molar refractivity (Wildman–Crippen MR) is 66.5 cm³/mol. The molecule has 90 valence electrons. The number of furan rings is 1. The summed E-state index contributed by atoms with van der Waals surface area (Å²) < 4.78 is 10.3. The quantitative estimate of drug-likeness (QED) is 0.780. The Balaban J connectivity index is 2.26. The van der Waals surface area contributed by atoms with Crippen LogP contribution in [-0.2, 0) is 11.2 Å². The molecule has 0 radical (unpaired) electrons. The van der Waals surface area contributed by atoms with Gasteiger partial charge in [0.1, 0.15) is 11.3 Å². The van der Waals surface area contributed by atoms with Crippen LogP contribution < -0.4 is 0 Å². The van der Waals surface area contributed by atoms with Crippen LogP contribution in [0.15, 0.2) is 28.2 Å². The molecule has 0 saturated carbocycles. The number of hydrogen-bond donors (Lipinski definition) is 0. The van der Waals surface area contributed by atoms with Crippen molar-refractivity contribution in [3.63, 3.8) is 0 Å². The maximum absolute atomic E-state index is 11.8. The van der Waals surface area contributed by atoms with Gasteiger partial charge in [-0.3, -0.25) is 0 Å². The molecule has 0 aromatic carbocycles. The van der Waals surface area contributed by atoms with Crippen LogP contribution in [0.25, 0.3) is 0 Å². The van der Waals surface area contributed by atoms with Crippen molar-refractivity contribution in [2.45, 2.75) is 20.3 Å². The van der Waals surface area contributed by atoms with Crippen LogP contribution in [0.4, 0.5) is 0 Å². The maximum Gasteiger partial charge on any atom is 0.341 e. The number of carbonyl (C=O) groups is 1. The molecule has 0 amide bonds. The molecule has 0 unspecified atom stereocenters. The zero-order chi connectivity index (χ0) is 12.3. The average molecular weight is 250 g/mol. The van der Waals surface area contributed by atoms with E-state index in [0.717, 1.165) is 5.56 Å². The van der Waals surface area contributed by atoms with Gasteiger partial charge in [-0.15, -0.1) is 11.3 Å². The van der Waals surface area contributed by atoms with E-state index in [0.29, 0.717) is 24.4 Å². The molecule has 0 aliphatic carbocycles. The molecule has 2 heterocycles. The lowest BCUT2D eigenvalue weighted by molar-refractivity contribution is 0.0523. The Morgan fingerprint density at radius 1 is 1.53 bits per heavy atom. The number of ether oxygens (including phenoxy) is 1. The highest BCUT2D eigenvalue weighted by atomic mass is 32.1. The van der Waals surface area contributed by atoms with Crippen LogP contribution in [0.3, 0.4) is 0 Å². The van der Waals surface area contributed by atoms with Gasteiger partial charge in [-0.05, 0) is 25.3 Å². The maximum atomic E-state index is 11.8. The molecule has 0 fully saturated rings. The van der Waals surface area contributed by atoms with E-state index >= 15 is 0 Å². The molecule has 0 saturated heterocycles. The van der Waals surface area contributed by atoms with E-state index in [4.69, 9.17) is 9.15 Å². The second-order valence-corrected chi connectivity index (χ2v) is 4.70. The molecular weight excluding hydrogens is 236 g/mol. The topological polar surface area (TPSA) is 39.4 Å². The van der Waals surface area contributed by atoms with Crippen LogP contribution in [-0.4, -0.2) is 12.6 Å². The Kier molecular flexibility index (Phi) is 3.64. The predicted octanol–water partition coefficient (Wildman–Crippen LogP) is 3.42.